The van der Waals surface area contributed by atoms with Gasteiger partial charge in [0, 0.05) is 44.5 Å². The quantitative estimate of drug-likeness (QED) is 0.566. The van der Waals surface area contributed by atoms with Gasteiger partial charge < -0.3 is 20.3 Å². The van der Waals surface area contributed by atoms with E-state index in [1.165, 1.54) is 44.5 Å². The SMILES string of the molecule is CN=C(NCCN1CCCCC1)NCc1cccnc1Oc1cccc(F)c1. The fourth-order valence-corrected chi connectivity index (χ4v) is 3.21. The first-order valence-electron chi connectivity index (χ1n) is 9.79. The van der Waals surface area contributed by atoms with Gasteiger partial charge >= 0.3 is 0 Å². The number of halogens is 1. The van der Waals surface area contributed by atoms with Crippen LogP contribution in [0.15, 0.2) is 47.6 Å². The van der Waals surface area contributed by atoms with Gasteiger partial charge in [-0.2, -0.15) is 0 Å². The van der Waals surface area contributed by atoms with Gasteiger partial charge in [0.1, 0.15) is 11.6 Å². The lowest BCUT2D eigenvalue weighted by Gasteiger charge is -2.26. The molecule has 28 heavy (non-hydrogen) atoms. The molecule has 7 heteroatoms. The molecule has 2 N–H and O–H groups in total. The molecule has 0 atom stereocenters. The Morgan fingerprint density at radius 3 is 2.82 bits per heavy atom. The summed E-state index contributed by atoms with van der Waals surface area (Å²) in [7, 11) is 1.75. The van der Waals surface area contributed by atoms with E-state index in [4.69, 9.17) is 4.74 Å². The summed E-state index contributed by atoms with van der Waals surface area (Å²) in [6, 6.07) is 9.81. The number of hydrogen-bond donors (Lipinski definition) is 2. The number of rotatable bonds is 7. The molecule has 3 rings (SSSR count). The zero-order chi connectivity index (χ0) is 19.6. The molecule has 1 aliphatic heterocycles. The number of ether oxygens (including phenoxy) is 1. The predicted octanol–water partition coefficient (Wildman–Crippen LogP) is 3.16. The van der Waals surface area contributed by atoms with Crippen LogP contribution in [0, 0.1) is 5.82 Å². The van der Waals surface area contributed by atoms with Crippen molar-refractivity contribution in [3.63, 3.8) is 0 Å². The van der Waals surface area contributed by atoms with Gasteiger partial charge in [0.25, 0.3) is 0 Å². The van der Waals surface area contributed by atoms with E-state index in [-0.39, 0.29) is 5.82 Å². The lowest BCUT2D eigenvalue weighted by molar-refractivity contribution is 0.232. The van der Waals surface area contributed by atoms with Crippen LogP contribution in [-0.2, 0) is 6.54 Å². The zero-order valence-corrected chi connectivity index (χ0v) is 16.3. The first-order valence-corrected chi connectivity index (χ1v) is 9.79. The number of aliphatic imine (C=N–C) groups is 1. The van der Waals surface area contributed by atoms with Crippen molar-refractivity contribution in [1.82, 2.24) is 20.5 Å². The first-order chi connectivity index (χ1) is 13.7. The second-order valence-electron chi connectivity index (χ2n) is 6.78. The highest BCUT2D eigenvalue weighted by atomic mass is 19.1. The molecule has 1 aromatic carbocycles. The summed E-state index contributed by atoms with van der Waals surface area (Å²) >= 11 is 0. The third-order valence-corrected chi connectivity index (χ3v) is 4.70. The number of pyridine rings is 1. The van der Waals surface area contributed by atoms with E-state index >= 15 is 0 Å². The molecule has 1 saturated heterocycles. The van der Waals surface area contributed by atoms with Crippen LogP contribution in [-0.4, -0.2) is 49.1 Å². The molecular weight excluding hydrogens is 357 g/mol. The molecule has 0 aliphatic carbocycles. The Kier molecular flexibility index (Phi) is 7.61. The van der Waals surface area contributed by atoms with Gasteiger partial charge in [-0.15, -0.1) is 0 Å². The average Bonchev–Trinajstić information content (AvgIpc) is 2.72. The Balaban J connectivity index is 1.51. The van der Waals surface area contributed by atoms with E-state index in [9.17, 15) is 4.39 Å². The highest BCUT2D eigenvalue weighted by Gasteiger charge is 2.10. The number of guanidine groups is 1. The minimum Gasteiger partial charge on any atom is -0.439 e. The minimum atomic E-state index is -0.341. The molecule has 0 unspecified atom stereocenters. The first kappa shape index (κ1) is 20.1. The molecule has 0 spiro atoms. The summed E-state index contributed by atoms with van der Waals surface area (Å²) in [4.78, 5) is 11.0. The number of benzene rings is 1. The number of hydrogen-bond acceptors (Lipinski definition) is 4. The number of likely N-dealkylation sites (tertiary alicyclic amines) is 1. The summed E-state index contributed by atoms with van der Waals surface area (Å²) in [5.41, 5.74) is 0.866. The second-order valence-corrected chi connectivity index (χ2v) is 6.78. The highest BCUT2D eigenvalue weighted by Crippen LogP contribution is 2.23. The van der Waals surface area contributed by atoms with Gasteiger partial charge in [0.2, 0.25) is 5.88 Å². The van der Waals surface area contributed by atoms with Crippen molar-refractivity contribution < 1.29 is 9.13 Å². The Bertz CT molecular complexity index is 777. The van der Waals surface area contributed by atoms with Crippen LogP contribution in [0.3, 0.4) is 0 Å². The van der Waals surface area contributed by atoms with E-state index in [0.29, 0.717) is 18.2 Å². The largest absolute Gasteiger partial charge is 0.439 e. The van der Waals surface area contributed by atoms with Crippen molar-refractivity contribution in [3.05, 3.63) is 54.0 Å². The summed E-state index contributed by atoms with van der Waals surface area (Å²) in [6.07, 6.45) is 5.59. The van der Waals surface area contributed by atoms with Crippen LogP contribution in [0.2, 0.25) is 0 Å². The van der Waals surface area contributed by atoms with Crippen molar-refractivity contribution in [2.45, 2.75) is 25.8 Å². The predicted molar refractivity (Wildman–Crippen MR) is 109 cm³/mol. The highest BCUT2D eigenvalue weighted by molar-refractivity contribution is 5.79. The lowest BCUT2D eigenvalue weighted by atomic mass is 10.1. The molecule has 150 valence electrons. The Morgan fingerprint density at radius 2 is 2.04 bits per heavy atom. The van der Waals surface area contributed by atoms with Crippen LogP contribution in [0.25, 0.3) is 0 Å². The molecule has 0 amide bonds. The zero-order valence-electron chi connectivity index (χ0n) is 16.3. The van der Waals surface area contributed by atoms with Crippen molar-refractivity contribution in [2.24, 2.45) is 4.99 Å². The summed E-state index contributed by atoms with van der Waals surface area (Å²) in [5, 5.41) is 6.64. The minimum absolute atomic E-state index is 0.341. The smallest absolute Gasteiger partial charge is 0.224 e. The normalized spacial score (nSPS) is 15.3. The fourth-order valence-electron chi connectivity index (χ4n) is 3.21. The molecular formula is C21H28FN5O. The lowest BCUT2D eigenvalue weighted by Crippen LogP contribution is -2.42. The van der Waals surface area contributed by atoms with Gasteiger partial charge in [0.05, 0.1) is 0 Å². The molecule has 1 fully saturated rings. The second kappa shape index (κ2) is 10.6. The van der Waals surface area contributed by atoms with Crippen LogP contribution in [0.1, 0.15) is 24.8 Å². The monoisotopic (exact) mass is 385 g/mol. The molecule has 2 aromatic rings. The Hall–Kier alpha value is -2.67. The maximum Gasteiger partial charge on any atom is 0.224 e. The van der Waals surface area contributed by atoms with E-state index in [1.54, 1.807) is 25.4 Å². The van der Waals surface area contributed by atoms with Crippen LogP contribution in [0.5, 0.6) is 11.6 Å². The molecule has 2 heterocycles. The van der Waals surface area contributed by atoms with Gasteiger partial charge in [-0.25, -0.2) is 9.37 Å². The third kappa shape index (κ3) is 6.20. The number of nitrogens with zero attached hydrogens (tertiary/aromatic N) is 3. The van der Waals surface area contributed by atoms with Crippen LogP contribution < -0.4 is 15.4 Å². The standard InChI is InChI=1S/C21H28FN5O/c1-23-21(25-11-14-27-12-3-2-4-13-27)26-16-17-7-6-10-24-20(17)28-19-9-5-8-18(22)15-19/h5-10,15H,2-4,11-14,16H2,1H3,(H2,23,25,26). The molecule has 0 saturated carbocycles. The van der Waals surface area contributed by atoms with E-state index in [2.05, 4.69) is 25.5 Å². The van der Waals surface area contributed by atoms with E-state index in [1.807, 2.05) is 12.1 Å². The topological polar surface area (TPSA) is 61.8 Å². The molecule has 0 bridgehead atoms. The average molecular weight is 385 g/mol. The van der Waals surface area contributed by atoms with Crippen molar-refractivity contribution >= 4 is 5.96 Å². The molecule has 1 aromatic heterocycles. The number of nitrogens with one attached hydrogen (secondary N) is 2. The summed E-state index contributed by atoms with van der Waals surface area (Å²) < 4.78 is 19.1. The van der Waals surface area contributed by atoms with Gasteiger partial charge in [-0.1, -0.05) is 18.6 Å². The van der Waals surface area contributed by atoms with Gasteiger partial charge in [-0.05, 0) is 44.1 Å². The van der Waals surface area contributed by atoms with Gasteiger partial charge in [-0.3, -0.25) is 4.99 Å². The molecule has 1 aliphatic rings. The van der Waals surface area contributed by atoms with Crippen LogP contribution in [0.4, 0.5) is 4.39 Å². The Labute approximate surface area is 165 Å². The van der Waals surface area contributed by atoms with Crippen LogP contribution >= 0.6 is 0 Å². The maximum absolute atomic E-state index is 13.4. The molecule has 6 nitrogen and oxygen atoms in total. The Morgan fingerprint density at radius 1 is 1.18 bits per heavy atom. The number of aromatic nitrogens is 1. The van der Waals surface area contributed by atoms with E-state index in [0.717, 1.165) is 24.6 Å². The third-order valence-electron chi connectivity index (χ3n) is 4.70. The van der Waals surface area contributed by atoms with Crippen molar-refractivity contribution in [3.8, 4) is 11.6 Å². The summed E-state index contributed by atoms with van der Waals surface area (Å²) in [5.74, 6) is 1.26. The van der Waals surface area contributed by atoms with Gasteiger partial charge in [0.15, 0.2) is 5.96 Å². The van der Waals surface area contributed by atoms with E-state index < -0.39 is 0 Å². The van der Waals surface area contributed by atoms with Crippen molar-refractivity contribution in [2.75, 3.05) is 33.2 Å². The fraction of sp³-hybridized carbons (Fsp3) is 0.429. The maximum atomic E-state index is 13.4. The molecule has 0 radical (unpaired) electrons. The summed E-state index contributed by atoms with van der Waals surface area (Å²) in [6.45, 7) is 4.73. The number of piperidine rings is 1. The van der Waals surface area contributed by atoms with Crippen molar-refractivity contribution in [1.29, 1.82) is 0 Å².